The average Bonchev–Trinajstić information content (AvgIpc) is 3.64. The van der Waals surface area contributed by atoms with Crippen LogP contribution < -0.4 is 4.90 Å². The van der Waals surface area contributed by atoms with Gasteiger partial charge < -0.3 is 13.7 Å². The molecular weight excluding hydrogens is 526 g/mol. The number of anilines is 3. The van der Waals surface area contributed by atoms with Crippen molar-refractivity contribution in [2.45, 2.75) is 0 Å². The molecule has 0 fully saturated rings. The lowest BCUT2D eigenvalue weighted by molar-refractivity contribution is 0.669. The lowest BCUT2D eigenvalue weighted by atomic mass is 9.99. The van der Waals surface area contributed by atoms with Crippen LogP contribution in [0.5, 0.6) is 0 Å². The molecule has 0 atom stereocenters. The quantitative estimate of drug-likeness (QED) is 0.218. The largest absolute Gasteiger partial charge is 0.456 e. The second-order valence-electron chi connectivity index (χ2n) is 10.9. The van der Waals surface area contributed by atoms with Gasteiger partial charge in [0, 0.05) is 55.3 Å². The Morgan fingerprint density at radius 1 is 0.372 bits per heavy atom. The van der Waals surface area contributed by atoms with Crippen LogP contribution in [0, 0.1) is 0 Å². The van der Waals surface area contributed by atoms with E-state index < -0.39 is 0 Å². The van der Waals surface area contributed by atoms with Crippen molar-refractivity contribution in [2.75, 3.05) is 4.90 Å². The molecule has 2 heterocycles. The van der Waals surface area contributed by atoms with E-state index in [1.165, 1.54) is 0 Å². The number of nitrogens with zero attached hydrogens (tertiary/aromatic N) is 1. The van der Waals surface area contributed by atoms with E-state index in [9.17, 15) is 0 Å². The van der Waals surface area contributed by atoms with Gasteiger partial charge in [0.15, 0.2) is 0 Å². The lowest BCUT2D eigenvalue weighted by Gasteiger charge is -2.27. The van der Waals surface area contributed by atoms with Gasteiger partial charge in [0.1, 0.15) is 22.3 Å². The van der Waals surface area contributed by atoms with E-state index >= 15 is 0 Å². The van der Waals surface area contributed by atoms with Gasteiger partial charge in [-0.15, -0.1) is 0 Å². The first-order valence-corrected chi connectivity index (χ1v) is 14.5. The molecule has 0 radical (unpaired) electrons. The maximum absolute atomic E-state index is 6.76. The van der Waals surface area contributed by atoms with Crippen molar-refractivity contribution in [3.63, 3.8) is 0 Å². The third-order valence-electron chi connectivity index (χ3n) is 8.44. The summed E-state index contributed by atoms with van der Waals surface area (Å²) in [6.45, 7) is 0. The zero-order valence-corrected chi connectivity index (χ0v) is 23.2. The van der Waals surface area contributed by atoms with E-state index in [1.807, 2.05) is 18.2 Å². The average molecular weight is 552 g/mol. The molecule has 9 aromatic rings. The standard InChI is InChI=1S/C40H25NO2/c1-3-12-26(13-4-1)29-19-11-20-34-35-25-36(30-16-7-8-18-33(30)40(35)43-39(29)34)41(27-14-5-2-6-15-27)28-22-23-32-31-17-9-10-21-37(31)42-38(32)24-28/h1-25H. The molecule has 202 valence electrons. The Bertz CT molecular complexity index is 2450. The van der Waals surface area contributed by atoms with Crippen molar-refractivity contribution in [3.8, 4) is 11.1 Å². The van der Waals surface area contributed by atoms with Crippen LogP contribution in [0.3, 0.4) is 0 Å². The minimum Gasteiger partial charge on any atom is -0.456 e. The van der Waals surface area contributed by atoms with Crippen LogP contribution in [-0.2, 0) is 0 Å². The van der Waals surface area contributed by atoms with E-state index in [1.54, 1.807) is 0 Å². The maximum atomic E-state index is 6.76. The summed E-state index contributed by atoms with van der Waals surface area (Å²) >= 11 is 0. The first-order valence-electron chi connectivity index (χ1n) is 14.5. The fraction of sp³-hybridized carbons (Fsp3) is 0. The molecule has 0 aliphatic rings. The molecule has 9 rings (SSSR count). The topological polar surface area (TPSA) is 29.5 Å². The van der Waals surface area contributed by atoms with Crippen LogP contribution in [0.2, 0.25) is 0 Å². The smallest absolute Gasteiger partial charge is 0.143 e. The highest BCUT2D eigenvalue weighted by Crippen LogP contribution is 2.46. The first-order chi connectivity index (χ1) is 21.3. The van der Waals surface area contributed by atoms with Crippen LogP contribution in [0.4, 0.5) is 17.1 Å². The van der Waals surface area contributed by atoms with Gasteiger partial charge in [-0.1, -0.05) is 109 Å². The second-order valence-corrected chi connectivity index (χ2v) is 10.9. The Morgan fingerprint density at radius 3 is 1.86 bits per heavy atom. The van der Waals surface area contributed by atoms with Crippen LogP contribution in [0.15, 0.2) is 160 Å². The zero-order chi connectivity index (χ0) is 28.3. The molecule has 0 aliphatic heterocycles. The molecule has 3 nitrogen and oxygen atoms in total. The molecule has 0 saturated heterocycles. The number of rotatable bonds is 4. The summed E-state index contributed by atoms with van der Waals surface area (Å²) in [6.07, 6.45) is 0. The summed E-state index contributed by atoms with van der Waals surface area (Å²) in [6, 6.07) is 53.0. The van der Waals surface area contributed by atoms with Crippen molar-refractivity contribution >= 4 is 71.7 Å². The van der Waals surface area contributed by atoms with Crippen LogP contribution in [0.1, 0.15) is 0 Å². The van der Waals surface area contributed by atoms with Crippen molar-refractivity contribution in [1.82, 2.24) is 0 Å². The molecule has 3 heteroatoms. The van der Waals surface area contributed by atoms with Gasteiger partial charge in [-0.2, -0.15) is 0 Å². The van der Waals surface area contributed by atoms with Crippen LogP contribution in [-0.4, -0.2) is 0 Å². The monoisotopic (exact) mass is 551 g/mol. The Morgan fingerprint density at radius 2 is 1.02 bits per heavy atom. The van der Waals surface area contributed by atoms with E-state index in [0.29, 0.717) is 0 Å². The number of hydrogen-bond donors (Lipinski definition) is 0. The minimum atomic E-state index is 0.867. The molecule has 0 unspecified atom stereocenters. The summed E-state index contributed by atoms with van der Waals surface area (Å²) in [5.41, 5.74) is 8.98. The first kappa shape index (κ1) is 23.9. The van der Waals surface area contributed by atoms with Crippen molar-refractivity contribution in [1.29, 1.82) is 0 Å². The normalized spacial score (nSPS) is 11.7. The highest BCUT2D eigenvalue weighted by Gasteiger charge is 2.22. The van der Waals surface area contributed by atoms with Gasteiger partial charge >= 0.3 is 0 Å². The van der Waals surface area contributed by atoms with Crippen molar-refractivity contribution < 1.29 is 8.83 Å². The highest BCUT2D eigenvalue weighted by molar-refractivity contribution is 6.21. The van der Waals surface area contributed by atoms with Gasteiger partial charge in [0.25, 0.3) is 0 Å². The minimum absolute atomic E-state index is 0.867. The Labute approximate surface area is 247 Å². The number of benzene rings is 7. The van der Waals surface area contributed by atoms with E-state index in [4.69, 9.17) is 8.83 Å². The van der Waals surface area contributed by atoms with E-state index in [0.717, 1.165) is 82.8 Å². The fourth-order valence-corrected chi connectivity index (χ4v) is 6.49. The molecular formula is C40H25NO2. The molecule has 7 aromatic carbocycles. The second kappa shape index (κ2) is 9.37. The highest BCUT2D eigenvalue weighted by atomic mass is 16.3. The third kappa shape index (κ3) is 3.68. The Hall–Kier alpha value is -5.80. The summed E-state index contributed by atoms with van der Waals surface area (Å²) in [5.74, 6) is 0. The predicted octanol–water partition coefficient (Wildman–Crippen LogP) is 11.8. The van der Waals surface area contributed by atoms with E-state index in [-0.39, 0.29) is 0 Å². The predicted molar refractivity (Wildman–Crippen MR) is 179 cm³/mol. The third-order valence-corrected chi connectivity index (χ3v) is 8.44. The van der Waals surface area contributed by atoms with Gasteiger partial charge in [-0.25, -0.2) is 0 Å². The van der Waals surface area contributed by atoms with Gasteiger partial charge in [0.05, 0.1) is 5.69 Å². The van der Waals surface area contributed by atoms with Crippen LogP contribution >= 0.6 is 0 Å². The Kier molecular flexibility index (Phi) is 5.20. The summed E-state index contributed by atoms with van der Waals surface area (Å²) in [7, 11) is 0. The number of furan rings is 2. The van der Waals surface area contributed by atoms with Gasteiger partial charge in [-0.05, 0) is 42.0 Å². The maximum Gasteiger partial charge on any atom is 0.143 e. The van der Waals surface area contributed by atoms with Crippen molar-refractivity contribution in [2.24, 2.45) is 0 Å². The number of fused-ring (bicyclic) bond motifs is 8. The van der Waals surface area contributed by atoms with Gasteiger partial charge in [0.2, 0.25) is 0 Å². The molecule has 2 aromatic heterocycles. The number of hydrogen-bond acceptors (Lipinski definition) is 3. The lowest BCUT2D eigenvalue weighted by Crippen LogP contribution is -2.10. The summed E-state index contributed by atoms with van der Waals surface area (Å²) in [4.78, 5) is 2.33. The van der Waals surface area contributed by atoms with Gasteiger partial charge in [-0.3, -0.25) is 0 Å². The van der Waals surface area contributed by atoms with E-state index in [2.05, 4.69) is 138 Å². The summed E-state index contributed by atoms with van der Waals surface area (Å²) < 4.78 is 13.1. The molecule has 0 saturated carbocycles. The molecule has 0 bridgehead atoms. The SMILES string of the molecule is c1ccc(-c2cccc3c2oc2c4ccccc4c(N(c4ccccc4)c4ccc5c(c4)oc4ccccc45)cc32)cc1. The molecule has 0 amide bonds. The fourth-order valence-electron chi connectivity index (χ4n) is 6.49. The summed E-state index contributed by atoms with van der Waals surface area (Å²) in [5, 5.41) is 6.62. The Balaban J connectivity index is 1.35. The molecule has 0 aliphatic carbocycles. The van der Waals surface area contributed by atoms with Crippen LogP contribution in [0.25, 0.3) is 65.8 Å². The molecule has 0 N–H and O–H groups in total. The number of para-hydroxylation sites is 3. The molecule has 43 heavy (non-hydrogen) atoms. The zero-order valence-electron chi connectivity index (χ0n) is 23.2. The molecule has 0 spiro atoms. The van der Waals surface area contributed by atoms with Crippen molar-refractivity contribution in [3.05, 3.63) is 152 Å².